The summed E-state index contributed by atoms with van der Waals surface area (Å²) >= 11 is 0. The lowest BCUT2D eigenvalue weighted by Crippen LogP contribution is -2.65. The summed E-state index contributed by atoms with van der Waals surface area (Å²) in [5.74, 6) is -0.301. The van der Waals surface area contributed by atoms with Gasteiger partial charge in [0.2, 0.25) is 9.84 Å². The fraction of sp³-hybridized carbons (Fsp3) is 0.512. The maximum Gasteiger partial charge on any atom is 0.407 e. The average molecular weight is 764 g/mol. The molecule has 0 radical (unpaired) electrons. The first-order chi connectivity index (χ1) is 25.9. The van der Waals surface area contributed by atoms with E-state index in [0.29, 0.717) is 6.54 Å². The minimum atomic E-state index is -3.86. The summed E-state index contributed by atoms with van der Waals surface area (Å²) in [5, 5.41) is 5.64. The highest BCUT2D eigenvalue weighted by molar-refractivity contribution is 7.91. The van der Waals surface area contributed by atoms with E-state index in [1.54, 1.807) is 36.4 Å². The number of rotatable bonds is 12. The van der Waals surface area contributed by atoms with Gasteiger partial charge in [0, 0.05) is 42.8 Å². The molecule has 3 atom stereocenters. The van der Waals surface area contributed by atoms with Gasteiger partial charge < -0.3 is 25.2 Å². The molecule has 1 aliphatic carbocycles. The summed E-state index contributed by atoms with van der Waals surface area (Å²) in [4.78, 5) is 31.3. The predicted octanol–water partition coefficient (Wildman–Crippen LogP) is 5.43. The number of sulfone groups is 1. The largest absolute Gasteiger partial charge is 0.453 e. The molecule has 0 aromatic heterocycles. The van der Waals surface area contributed by atoms with Crippen LogP contribution in [0.1, 0.15) is 54.4 Å². The second kappa shape index (κ2) is 15.6. The molecule has 1 unspecified atom stereocenters. The third-order valence-corrected chi connectivity index (χ3v) is 14.1. The van der Waals surface area contributed by atoms with Gasteiger partial charge in [0.15, 0.2) is 5.67 Å². The number of alkyl halides is 1. The summed E-state index contributed by atoms with van der Waals surface area (Å²) in [6, 6.07) is 19.4. The quantitative estimate of drug-likeness (QED) is 0.252. The zero-order chi connectivity index (χ0) is 38.1. The van der Waals surface area contributed by atoms with Crippen molar-refractivity contribution in [2.75, 3.05) is 71.4 Å². The molecular weight excluding hydrogens is 713 g/mol. The Hall–Kier alpha value is -4.07. The monoisotopic (exact) mass is 763 g/mol. The van der Waals surface area contributed by atoms with Crippen LogP contribution >= 0.6 is 0 Å². The zero-order valence-electron chi connectivity index (χ0n) is 31.1. The molecule has 3 aromatic carbocycles. The highest BCUT2D eigenvalue weighted by Gasteiger charge is 2.54. The summed E-state index contributed by atoms with van der Waals surface area (Å²) in [6.07, 6.45) is 5.14. The number of halogens is 2. The molecule has 0 spiro atoms. The number of carbonyl (C=O) groups excluding carboxylic acids is 2. The van der Waals surface area contributed by atoms with Crippen LogP contribution in [0.25, 0.3) is 0 Å². The first-order valence-electron chi connectivity index (χ1n) is 19.1. The van der Waals surface area contributed by atoms with Crippen molar-refractivity contribution >= 4 is 27.5 Å². The Morgan fingerprint density at radius 1 is 0.889 bits per heavy atom. The normalized spacial score (nSPS) is 23.1. The number of hydrogen-bond donors (Lipinski definition) is 2. The van der Waals surface area contributed by atoms with Crippen LogP contribution in [-0.2, 0) is 20.0 Å². The number of likely N-dealkylation sites (tertiary alicyclic amines) is 2. The molecule has 0 bridgehead atoms. The molecule has 2 N–H and O–H groups in total. The number of amides is 2. The Labute approximate surface area is 317 Å². The summed E-state index contributed by atoms with van der Waals surface area (Å²) < 4.78 is 62.9. The standard InChI is InChI=1S/C41H51F2N5O5S/c1-44-38(49)29-7-3-10-35(23-29)54(51,52)34-15-13-33(14-16-34)48-26-40(43,27-48)25-47-21-17-30(18-22-47)41(28-46-19-6-20-46,31-8-4-9-32(42)24-31)36-11-5-12-37(36)45-39(50)53-2/h3-4,7-10,13-16,23-24,30,36-37H,5-6,11-12,17-22,25-28H2,1-2H3,(H,44,49)(H,45,50)/t36-,37-,41?/m0/s1. The van der Waals surface area contributed by atoms with Crippen molar-refractivity contribution in [1.82, 2.24) is 20.4 Å². The first kappa shape index (κ1) is 38.2. The van der Waals surface area contributed by atoms with Gasteiger partial charge in [-0.2, -0.15) is 0 Å². The summed E-state index contributed by atoms with van der Waals surface area (Å²) in [5.41, 5.74) is 0.203. The molecule has 13 heteroatoms. The zero-order valence-corrected chi connectivity index (χ0v) is 31.9. The van der Waals surface area contributed by atoms with E-state index < -0.39 is 21.6 Å². The van der Waals surface area contributed by atoms with Crippen molar-refractivity contribution in [2.45, 2.75) is 65.4 Å². The SMILES string of the molecule is CNC(=O)c1cccc(S(=O)(=O)c2ccc(N3CC(F)(CN4CCC(C(CN5CCC5)(c5cccc(F)c5)[C@H]5CCC[C@@H]5NC(=O)OC)CC4)C3)cc2)c1. The highest BCUT2D eigenvalue weighted by atomic mass is 32.2. The Morgan fingerprint density at radius 3 is 2.26 bits per heavy atom. The van der Waals surface area contributed by atoms with Crippen LogP contribution in [0.4, 0.5) is 19.3 Å². The van der Waals surface area contributed by atoms with E-state index in [2.05, 4.69) is 26.5 Å². The van der Waals surface area contributed by atoms with Gasteiger partial charge >= 0.3 is 6.09 Å². The molecule has 10 nitrogen and oxygen atoms in total. The Balaban J connectivity index is 1.02. The van der Waals surface area contributed by atoms with E-state index >= 15 is 4.39 Å². The average Bonchev–Trinajstić information content (AvgIpc) is 3.62. The molecule has 4 fully saturated rings. The molecule has 3 aromatic rings. The highest BCUT2D eigenvalue weighted by Crippen LogP contribution is 2.51. The van der Waals surface area contributed by atoms with Crippen LogP contribution in [0.5, 0.6) is 0 Å². The fourth-order valence-electron chi connectivity index (χ4n) is 9.59. The summed E-state index contributed by atoms with van der Waals surface area (Å²) in [6.45, 7) is 4.98. The van der Waals surface area contributed by atoms with E-state index in [0.717, 1.165) is 82.5 Å². The van der Waals surface area contributed by atoms with Gasteiger partial charge in [-0.15, -0.1) is 0 Å². The number of methoxy groups -OCH3 is 1. The number of nitrogens with one attached hydrogen (secondary N) is 2. The topological polar surface area (TPSA) is 111 Å². The molecule has 7 rings (SSSR count). The van der Waals surface area contributed by atoms with Crippen LogP contribution in [0.3, 0.4) is 0 Å². The molecule has 2 amide bonds. The van der Waals surface area contributed by atoms with Crippen molar-refractivity contribution in [3.63, 3.8) is 0 Å². The van der Waals surface area contributed by atoms with Crippen molar-refractivity contribution < 1.29 is 31.5 Å². The number of alkyl carbamates (subject to hydrolysis) is 1. The molecular formula is C41H51F2N5O5S. The Morgan fingerprint density at radius 2 is 1.61 bits per heavy atom. The number of anilines is 1. The van der Waals surface area contributed by atoms with Gasteiger partial charge in [-0.3, -0.25) is 9.69 Å². The van der Waals surface area contributed by atoms with Gasteiger partial charge in [0.25, 0.3) is 5.91 Å². The van der Waals surface area contributed by atoms with E-state index in [1.165, 1.54) is 44.5 Å². The number of carbonyl (C=O) groups is 2. The van der Waals surface area contributed by atoms with Crippen molar-refractivity contribution in [3.8, 4) is 0 Å². The molecule has 1 saturated carbocycles. The Kier molecular flexibility index (Phi) is 11.0. The molecule has 54 heavy (non-hydrogen) atoms. The smallest absolute Gasteiger partial charge is 0.407 e. The van der Waals surface area contributed by atoms with Gasteiger partial charge in [0.05, 0.1) is 30.0 Å². The number of nitrogens with zero attached hydrogens (tertiary/aromatic N) is 3. The second-order valence-electron chi connectivity index (χ2n) is 15.6. The number of ether oxygens (including phenoxy) is 1. The van der Waals surface area contributed by atoms with Crippen LogP contribution < -0.4 is 15.5 Å². The molecule has 3 aliphatic heterocycles. The second-order valence-corrected chi connectivity index (χ2v) is 17.6. The van der Waals surface area contributed by atoms with Crippen LogP contribution in [-0.4, -0.2) is 108 Å². The minimum Gasteiger partial charge on any atom is -0.453 e. The van der Waals surface area contributed by atoms with Crippen molar-refractivity contribution in [1.29, 1.82) is 0 Å². The van der Waals surface area contributed by atoms with Crippen molar-refractivity contribution in [2.24, 2.45) is 11.8 Å². The maximum atomic E-state index is 16.3. The molecule has 4 aliphatic rings. The third-order valence-electron chi connectivity index (χ3n) is 12.4. The van der Waals surface area contributed by atoms with Gasteiger partial charge in [-0.05, 0) is 130 Å². The molecule has 3 heterocycles. The first-order valence-corrected chi connectivity index (χ1v) is 20.6. The van der Waals surface area contributed by atoms with Gasteiger partial charge in [0.1, 0.15) is 5.82 Å². The van der Waals surface area contributed by atoms with E-state index in [4.69, 9.17) is 4.74 Å². The van der Waals surface area contributed by atoms with Crippen LogP contribution in [0.2, 0.25) is 0 Å². The maximum absolute atomic E-state index is 16.3. The van der Waals surface area contributed by atoms with E-state index in [9.17, 15) is 22.4 Å². The predicted molar refractivity (Wildman–Crippen MR) is 203 cm³/mol. The fourth-order valence-corrected chi connectivity index (χ4v) is 10.9. The number of hydrogen-bond acceptors (Lipinski definition) is 8. The summed E-state index contributed by atoms with van der Waals surface area (Å²) in [7, 11) is -0.983. The lowest BCUT2D eigenvalue weighted by molar-refractivity contribution is 0.00584. The number of piperidine rings is 1. The molecule has 3 saturated heterocycles. The lowest BCUT2D eigenvalue weighted by atomic mass is 9.57. The Bertz CT molecular complexity index is 1930. The van der Waals surface area contributed by atoms with Crippen LogP contribution in [0, 0.1) is 17.7 Å². The van der Waals surface area contributed by atoms with E-state index in [1.807, 2.05) is 4.90 Å². The third kappa shape index (κ3) is 7.59. The number of benzene rings is 3. The van der Waals surface area contributed by atoms with Crippen molar-refractivity contribution in [3.05, 3.63) is 89.7 Å². The minimum absolute atomic E-state index is 0.0292. The lowest BCUT2D eigenvalue weighted by Gasteiger charge is -2.54. The molecule has 290 valence electrons. The van der Waals surface area contributed by atoms with Gasteiger partial charge in [-0.1, -0.05) is 24.6 Å². The van der Waals surface area contributed by atoms with Crippen LogP contribution in [0.15, 0.2) is 82.6 Å². The van der Waals surface area contributed by atoms with Gasteiger partial charge in [-0.25, -0.2) is 22.0 Å². The van der Waals surface area contributed by atoms with E-state index in [-0.39, 0.29) is 63.5 Å².